The van der Waals surface area contributed by atoms with Gasteiger partial charge in [-0.1, -0.05) is 42.3 Å². The molecule has 0 saturated carbocycles. The summed E-state index contributed by atoms with van der Waals surface area (Å²) < 4.78 is 6.50. The van der Waals surface area contributed by atoms with Crippen molar-refractivity contribution in [2.45, 2.75) is 62.9 Å². The Labute approximate surface area is 241 Å². The van der Waals surface area contributed by atoms with Crippen LogP contribution in [0, 0.1) is 5.92 Å². The number of aliphatic carboxylic acids is 1. The standard InChI is InChI=1S/C32H39ClN2O5/c1-22-29(36)34(2)16-7-5-3-4-6-8-17-35-20-31(15-9-10-23-18-25(33)12-13-26(23)31)21-40-28-14-11-24(19-27(28)35)32(22,39)30(37)38/h5,7,11-14,18-19,22,39H,3-4,6,8-10,15-17,20-21H2,1-2H3,(H,37,38)/b7-5-/t22-,31+,32+/m1/s1. The maximum Gasteiger partial charge on any atom is 0.341 e. The summed E-state index contributed by atoms with van der Waals surface area (Å²) in [5.74, 6) is -2.42. The normalized spacial score (nSPS) is 28.4. The minimum absolute atomic E-state index is 0.177. The predicted molar refractivity (Wildman–Crippen MR) is 156 cm³/mol. The molecule has 5 rings (SSSR count). The van der Waals surface area contributed by atoms with Crippen molar-refractivity contribution in [3.8, 4) is 5.75 Å². The van der Waals surface area contributed by atoms with Crippen molar-refractivity contribution in [1.82, 2.24) is 4.90 Å². The van der Waals surface area contributed by atoms with Crippen molar-refractivity contribution in [3.63, 3.8) is 0 Å². The van der Waals surface area contributed by atoms with Crippen molar-refractivity contribution in [2.24, 2.45) is 5.92 Å². The summed E-state index contributed by atoms with van der Waals surface area (Å²) in [4.78, 5) is 29.7. The molecular formula is C32H39ClN2O5. The highest BCUT2D eigenvalue weighted by molar-refractivity contribution is 6.30. The molecule has 2 aromatic rings. The zero-order valence-corrected chi connectivity index (χ0v) is 24.1. The molecule has 0 radical (unpaired) electrons. The van der Waals surface area contributed by atoms with Gasteiger partial charge in [0.05, 0.1) is 18.2 Å². The highest BCUT2D eigenvalue weighted by atomic mass is 35.5. The molecule has 1 amide bonds. The minimum Gasteiger partial charge on any atom is -0.490 e. The van der Waals surface area contributed by atoms with Crippen LogP contribution in [0.25, 0.3) is 0 Å². The van der Waals surface area contributed by atoms with E-state index in [0.717, 1.165) is 62.2 Å². The van der Waals surface area contributed by atoms with Crippen LogP contribution in [0.3, 0.4) is 0 Å². The number of carboxylic acids is 1. The van der Waals surface area contributed by atoms with Gasteiger partial charge in [-0.2, -0.15) is 0 Å². The Kier molecular flexibility index (Phi) is 8.16. The Hall–Kier alpha value is -3.03. The quantitative estimate of drug-likeness (QED) is 0.455. The van der Waals surface area contributed by atoms with Crippen LogP contribution in [0.2, 0.25) is 5.02 Å². The smallest absolute Gasteiger partial charge is 0.341 e. The molecule has 214 valence electrons. The Bertz CT molecular complexity index is 1310. The zero-order valence-electron chi connectivity index (χ0n) is 23.4. The first-order valence-corrected chi connectivity index (χ1v) is 14.7. The maximum atomic E-state index is 13.3. The van der Waals surface area contributed by atoms with Crippen molar-refractivity contribution in [1.29, 1.82) is 0 Å². The fraction of sp³-hybridized carbons (Fsp3) is 0.500. The molecule has 2 N–H and O–H groups in total. The van der Waals surface area contributed by atoms with Crippen LogP contribution in [0.15, 0.2) is 48.6 Å². The van der Waals surface area contributed by atoms with E-state index in [4.69, 9.17) is 16.3 Å². The molecule has 40 heavy (non-hydrogen) atoms. The van der Waals surface area contributed by atoms with Crippen LogP contribution < -0.4 is 9.64 Å². The lowest BCUT2D eigenvalue weighted by Gasteiger charge is -2.41. The van der Waals surface area contributed by atoms with Crippen LogP contribution in [0.5, 0.6) is 5.75 Å². The number of fused-ring (bicyclic) bond motifs is 3. The largest absolute Gasteiger partial charge is 0.490 e. The molecule has 7 nitrogen and oxygen atoms in total. The van der Waals surface area contributed by atoms with Gasteiger partial charge < -0.3 is 24.7 Å². The summed E-state index contributed by atoms with van der Waals surface area (Å²) >= 11 is 6.36. The number of hydrogen-bond donors (Lipinski definition) is 2. The molecule has 0 saturated heterocycles. The van der Waals surface area contributed by atoms with Gasteiger partial charge in [0, 0.05) is 37.1 Å². The Morgan fingerprint density at radius 2 is 1.93 bits per heavy atom. The topological polar surface area (TPSA) is 90.3 Å². The first-order chi connectivity index (χ1) is 19.2. The van der Waals surface area contributed by atoms with Gasteiger partial charge in [0.15, 0.2) is 5.60 Å². The number of hydrogen-bond acceptors (Lipinski definition) is 5. The van der Waals surface area contributed by atoms with Gasteiger partial charge in [0.2, 0.25) is 5.91 Å². The number of likely N-dealkylation sites (N-methyl/N-ethyl adjacent to an activating group) is 1. The molecule has 1 spiro atoms. The highest BCUT2D eigenvalue weighted by Gasteiger charge is 2.49. The van der Waals surface area contributed by atoms with Crippen molar-refractivity contribution in [3.05, 3.63) is 70.3 Å². The molecule has 0 fully saturated rings. The third kappa shape index (κ3) is 5.21. The van der Waals surface area contributed by atoms with Crippen molar-refractivity contribution < 1.29 is 24.5 Å². The van der Waals surface area contributed by atoms with Crippen LogP contribution in [0.1, 0.15) is 62.1 Å². The van der Waals surface area contributed by atoms with Gasteiger partial charge in [0.1, 0.15) is 5.75 Å². The Morgan fingerprint density at radius 3 is 2.73 bits per heavy atom. The summed E-state index contributed by atoms with van der Waals surface area (Å²) in [5, 5.41) is 22.7. The molecule has 0 unspecified atom stereocenters. The molecule has 2 aliphatic heterocycles. The highest BCUT2D eigenvalue weighted by Crippen LogP contribution is 2.46. The number of anilines is 1. The van der Waals surface area contributed by atoms with Gasteiger partial charge in [-0.25, -0.2) is 4.79 Å². The molecule has 2 bridgehead atoms. The van der Waals surface area contributed by atoms with Gasteiger partial charge in [-0.3, -0.25) is 4.79 Å². The van der Waals surface area contributed by atoms with Gasteiger partial charge in [-0.15, -0.1) is 0 Å². The number of allylic oxidation sites excluding steroid dienone is 1. The Morgan fingerprint density at radius 1 is 1.10 bits per heavy atom. The summed E-state index contributed by atoms with van der Waals surface area (Å²) in [7, 11) is 1.63. The van der Waals surface area contributed by atoms with E-state index in [1.165, 1.54) is 23.0 Å². The van der Waals surface area contributed by atoms with Crippen molar-refractivity contribution in [2.75, 3.05) is 38.2 Å². The molecule has 3 atom stereocenters. The van der Waals surface area contributed by atoms with Gasteiger partial charge >= 0.3 is 5.97 Å². The maximum absolute atomic E-state index is 13.3. The van der Waals surface area contributed by atoms with E-state index in [2.05, 4.69) is 23.1 Å². The minimum atomic E-state index is -2.40. The molecule has 2 aromatic carbocycles. The lowest BCUT2D eigenvalue weighted by atomic mass is 9.70. The summed E-state index contributed by atoms with van der Waals surface area (Å²) in [5.41, 5.74) is 0.817. The number of carboxylic acid groups (broad SMARTS) is 1. The first kappa shape index (κ1) is 28.5. The number of aryl methyl sites for hydroxylation is 1. The second kappa shape index (κ2) is 11.5. The fourth-order valence-corrected chi connectivity index (χ4v) is 6.83. The average molecular weight is 567 g/mol. The second-order valence-corrected chi connectivity index (χ2v) is 12.1. The first-order valence-electron chi connectivity index (χ1n) is 14.3. The monoisotopic (exact) mass is 566 g/mol. The lowest BCUT2D eigenvalue weighted by Crippen LogP contribution is -2.49. The van der Waals surface area contributed by atoms with Crippen LogP contribution >= 0.6 is 11.6 Å². The fourth-order valence-electron chi connectivity index (χ4n) is 6.64. The van der Waals surface area contributed by atoms with E-state index >= 15 is 0 Å². The molecule has 0 aromatic heterocycles. The van der Waals surface area contributed by atoms with Crippen molar-refractivity contribution >= 4 is 29.2 Å². The number of nitrogens with zero attached hydrogens (tertiary/aromatic N) is 2. The SMILES string of the molecule is C[C@@H]1C(=O)N(C)C/C=C\CCCCCN2C[C@@]3(CCCc4cc(Cl)ccc43)COc3ccc(cc32)[C@]1(O)C(=O)O. The van der Waals surface area contributed by atoms with E-state index in [1.54, 1.807) is 25.2 Å². The van der Waals surface area contributed by atoms with Gasteiger partial charge in [-0.05, 0) is 86.4 Å². The predicted octanol–water partition coefficient (Wildman–Crippen LogP) is 5.31. The van der Waals surface area contributed by atoms with Crippen LogP contribution in [-0.2, 0) is 27.0 Å². The van der Waals surface area contributed by atoms with E-state index in [0.29, 0.717) is 25.4 Å². The molecule has 8 heteroatoms. The van der Waals surface area contributed by atoms with Gasteiger partial charge in [0.25, 0.3) is 0 Å². The average Bonchev–Trinajstić information content (AvgIpc) is 3.09. The molecule has 1 aliphatic carbocycles. The molecule has 2 heterocycles. The van der Waals surface area contributed by atoms with E-state index in [9.17, 15) is 19.8 Å². The third-order valence-electron chi connectivity index (χ3n) is 9.02. The van der Waals surface area contributed by atoms with E-state index in [1.807, 2.05) is 12.1 Å². The van der Waals surface area contributed by atoms with Crippen LogP contribution in [0.4, 0.5) is 5.69 Å². The lowest BCUT2D eigenvalue weighted by molar-refractivity contribution is -0.172. The number of carbonyl (C=O) groups excluding carboxylic acids is 1. The number of benzene rings is 2. The zero-order chi connectivity index (χ0) is 28.5. The second-order valence-electron chi connectivity index (χ2n) is 11.7. The number of rotatable bonds is 1. The third-order valence-corrected chi connectivity index (χ3v) is 9.26. The van der Waals surface area contributed by atoms with E-state index in [-0.39, 0.29) is 11.0 Å². The number of carbonyl (C=O) groups is 2. The number of aliphatic hydroxyl groups is 1. The van der Waals surface area contributed by atoms with Crippen LogP contribution in [-0.4, -0.2) is 60.3 Å². The van der Waals surface area contributed by atoms with E-state index < -0.39 is 23.4 Å². The number of amides is 1. The summed E-state index contributed by atoms with van der Waals surface area (Å²) in [6.07, 6.45) is 11.0. The molecular weight excluding hydrogens is 528 g/mol. The number of halogens is 1. The molecule has 3 aliphatic rings. The number of ether oxygens (including phenoxy) is 1. The Balaban J connectivity index is 1.60. The summed E-state index contributed by atoms with van der Waals surface area (Å²) in [6.45, 7) is 3.83. The summed E-state index contributed by atoms with van der Waals surface area (Å²) in [6, 6.07) is 11.2.